The summed E-state index contributed by atoms with van der Waals surface area (Å²) in [6, 6.07) is 0.0535. The lowest BCUT2D eigenvalue weighted by Crippen LogP contribution is -2.38. The third-order valence-corrected chi connectivity index (χ3v) is 4.04. The Balaban J connectivity index is 2.01. The number of nitrogens with zero attached hydrogens (tertiary/aromatic N) is 2. The molecule has 1 aliphatic rings. The van der Waals surface area contributed by atoms with Gasteiger partial charge in [-0.1, -0.05) is 13.8 Å². The van der Waals surface area contributed by atoms with Gasteiger partial charge in [0.1, 0.15) is 0 Å². The lowest BCUT2D eigenvalue weighted by atomic mass is 9.92. The van der Waals surface area contributed by atoms with Crippen molar-refractivity contribution in [2.24, 2.45) is 5.92 Å². The minimum absolute atomic E-state index is 0.0391. The average Bonchev–Trinajstić information content (AvgIpc) is 2.89. The zero-order valence-corrected chi connectivity index (χ0v) is 12.9. The quantitative estimate of drug-likeness (QED) is 0.688. The Bertz CT molecular complexity index is 472. The number of amides is 1. The van der Waals surface area contributed by atoms with Crippen molar-refractivity contribution >= 4 is 5.91 Å². The highest BCUT2D eigenvalue weighted by Gasteiger charge is 2.26. The molecule has 3 N–H and O–H groups in total. The molecule has 2 rings (SSSR count). The van der Waals surface area contributed by atoms with Gasteiger partial charge in [0.15, 0.2) is 0 Å². The molecular formula is C15H26N4O2. The summed E-state index contributed by atoms with van der Waals surface area (Å²) < 4.78 is 1.86. The molecule has 1 aromatic rings. The van der Waals surface area contributed by atoms with Crippen LogP contribution in [-0.4, -0.2) is 40.5 Å². The van der Waals surface area contributed by atoms with Gasteiger partial charge in [-0.15, -0.1) is 0 Å². The van der Waals surface area contributed by atoms with Crippen LogP contribution in [0.15, 0.2) is 6.20 Å². The third-order valence-electron chi connectivity index (χ3n) is 4.04. The van der Waals surface area contributed by atoms with E-state index in [1.54, 1.807) is 0 Å². The molecule has 1 heterocycles. The highest BCUT2D eigenvalue weighted by Crippen LogP contribution is 2.29. The van der Waals surface area contributed by atoms with E-state index in [1.807, 2.05) is 24.7 Å². The molecule has 6 nitrogen and oxygen atoms in total. The van der Waals surface area contributed by atoms with Crippen molar-refractivity contribution in [2.75, 3.05) is 19.7 Å². The van der Waals surface area contributed by atoms with Crippen molar-refractivity contribution in [1.29, 1.82) is 0 Å². The van der Waals surface area contributed by atoms with Crippen molar-refractivity contribution in [1.82, 2.24) is 20.4 Å². The maximum Gasteiger partial charge on any atom is 0.224 e. The van der Waals surface area contributed by atoms with E-state index in [2.05, 4.69) is 15.7 Å². The number of carbonyl (C=O) groups excluding carboxylic acids is 1. The van der Waals surface area contributed by atoms with Gasteiger partial charge >= 0.3 is 0 Å². The molecule has 0 bridgehead atoms. The zero-order valence-electron chi connectivity index (χ0n) is 12.9. The van der Waals surface area contributed by atoms with E-state index in [0.29, 0.717) is 13.1 Å². The number of aromatic nitrogens is 2. The van der Waals surface area contributed by atoms with Crippen LogP contribution in [0.2, 0.25) is 0 Å². The molecule has 0 aromatic carbocycles. The number of rotatable bonds is 7. The maximum absolute atomic E-state index is 12.2. The van der Waals surface area contributed by atoms with Gasteiger partial charge in [-0.25, -0.2) is 0 Å². The number of carbonyl (C=O) groups is 1. The van der Waals surface area contributed by atoms with Crippen LogP contribution in [0, 0.1) is 5.92 Å². The lowest BCUT2D eigenvalue weighted by Gasteiger charge is -2.25. The number of fused-ring (bicyclic) bond motifs is 1. The van der Waals surface area contributed by atoms with Gasteiger partial charge in [0, 0.05) is 23.7 Å². The molecule has 0 aliphatic heterocycles. The Labute approximate surface area is 125 Å². The van der Waals surface area contributed by atoms with Crippen molar-refractivity contribution in [2.45, 2.75) is 45.7 Å². The van der Waals surface area contributed by atoms with E-state index in [1.165, 1.54) is 0 Å². The van der Waals surface area contributed by atoms with E-state index in [9.17, 15) is 4.79 Å². The first-order chi connectivity index (χ1) is 10.2. The topological polar surface area (TPSA) is 79.2 Å². The number of aliphatic hydroxyl groups is 1. The lowest BCUT2D eigenvalue weighted by molar-refractivity contribution is -0.125. The van der Waals surface area contributed by atoms with Gasteiger partial charge in [0.2, 0.25) is 5.91 Å². The van der Waals surface area contributed by atoms with E-state index in [4.69, 9.17) is 5.11 Å². The Morgan fingerprint density at radius 2 is 2.43 bits per heavy atom. The van der Waals surface area contributed by atoms with Crippen molar-refractivity contribution in [3.8, 4) is 0 Å². The summed E-state index contributed by atoms with van der Waals surface area (Å²) >= 11 is 0. The Morgan fingerprint density at radius 1 is 1.62 bits per heavy atom. The highest BCUT2D eigenvalue weighted by molar-refractivity contribution is 5.79. The molecule has 21 heavy (non-hydrogen) atoms. The molecule has 0 spiro atoms. The molecule has 2 atom stereocenters. The Kier molecular flexibility index (Phi) is 5.76. The predicted octanol–water partition coefficient (Wildman–Crippen LogP) is 0.615. The fourth-order valence-corrected chi connectivity index (χ4v) is 2.82. The average molecular weight is 294 g/mol. The first-order valence-electron chi connectivity index (χ1n) is 7.83. The van der Waals surface area contributed by atoms with Crippen LogP contribution >= 0.6 is 0 Å². The second-order valence-electron chi connectivity index (χ2n) is 5.66. The van der Waals surface area contributed by atoms with Crippen molar-refractivity contribution in [3.05, 3.63) is 17.5 Å². The van der Waals surface area contributed by atoms with Crippen LogP contribution in [0.5, 0.6) is 0 Å². The second-order valence-corrected chi connectivity index (χ2v) is 5.66. The van der Waals surface area contributed by atoms with E-state index >= 15 is 0 Å². The second kappa shape index (κ2) is 7.56. The number of hydrogen-bond donors (Lipinski definition) is 3. The summed E-state index contributed by atoms with van der Waals surface area (Å²) in [7, 11) is 0. The number of hydrogen-bond acceptors (Lipinski definition) is 4. The van der Waals surface area contributed by atoms with Crippen LogP contribution in [0.1, 0.15) is 44.0 Å². The fraction of sp³-hybridized carbons (Fsp3) is 0.733. The third kappa shape index (κ3) is 3.83. The Hall–Kier alpha value is -1.40. The summed E-state index contributed by atoms with van der Waals surface area (Å²) in [6.45, 7) is 6.16. The minimum Gasteiger partial charge on any atom is -0.394 e. The van der Waals surface area contributed by atoms with Gasteiger partial charge in [-0.2, -0.15) is 5.10 Å². The fourth-order valence-electron chi connectivity index (χ4n) is 2.82. The van der Waals surface area contributed by atoms with Gasteiger partial charge in [-0.3, -0.25) is 9.48 Å². The molecule has 6 heteroatoms. The first-order valence-corrected chi connectivity index (χ1v) is 7.83. The monoisotopic (exact) mass is 294 g/mol. The molecule has 2 unspecified atom stereocenters. The molecule has 1 amide bonds. The SMILES string of the molecule is CCNCC(C)C(=O)NC1CCCc2c1cnn2CCO. The van der Waals surface area contributed by atoms with Crippen LogP contribution in [0.4, 0.5) is 0 Å². The van der Waals surface area contributed by atoms with Crippen molar-refractivity contribution < 1.29 is 9.90 Å². The summed E-state index contributed by atoms with van der Waals surface area (Å²) in [5, 5.41) is 19.7. The summed E-state index contributed by atoms with van der Waals surface area (Å²) in [6.07, 6.45) is 4.80. The van der Waals surface area contributed by atoms with Gasteiger partial charge in [0.25, 0.3) is 0 Å². The normalized spacial score (nSPS) is 19.1. The zero-order chi connectivity index (χ0) is 15.2. The highest BCUT2D eigenvalue weighted by atomic mass is 16.3. The van der Waals surface area contributed by atoms with Crippen LogP contribution < -0.4 is 10.6 Å². The first kappa shape index (κ1) is 16.0. The molecule has 0 fully saturated rings. The molecule has 1 aromatic heterocycles. The minimum atomic E-state index is -0.0391. The van der Waals surface area contributed by atoms with Crippen LogP contribution in [0.3, 0.4) is 0 Å². The summed E-state index contributed by atoms with van der Waals surface area (Å²) in [4.78, 5) is 12.2. The largest absolute Gasteiger partial charge is 0.394 e. The maximum atomic E-state index is 12.2. The van der Waals surface area contributed by atoms with Gasteiger partial charge in [-0.05, 0) is 25.8 Å². The van der Waals surface area contributed by atoms with E-state index in [-0.39, 0.29) is 24.5 Å². The molecule has 0 radical (unpaired) electrons. The molecule has 1 aliphatic carbocycles. The number of aliphatic hydroxyl groups excluding tert-OH is 1. The van der Waals surface area contributed by atoms with Crippen LogP contribution in [-0.2, 0) is 17.8 Å². The van der Waals surface area contributed by atoms with Crippen molar-refractivity contribution in [3.63, 3.8) is 0 Å². The summed E-state index contributed by atoms with van der Waals surface area (Å²) in [5.41, 5.74) is 2.26. The number of nitrogens with one attached hydrogen (secondary N) is 2. The van der Waals surface area contributed by atoms with Crippen LogP contribution in [0.25, 0.3) is 0 Å². The molecule has 0 saturated carbocycles. The predicted molar refractivity (Wildman–Crippen MR) is 80.8 cm³/mol. The van der Waals surface area contributed by atoms with E-state index in [0.717, 1.165) is 37.1 Å². The molecule has 0 saturated heterocycles. The van der Waals surface area contributed by atoms with E-state index < -0.39 is 0 Å². The smallest absolute Gasteiger partial charge is 0.224 e. The molecule has 118 valence electrons. The Morgan fingerprint density at radius 3 is 3.14 bits per heavy atom. The molecular weight excluding hydrogens is 268 g/mol. The standard InChI is InChI=1S/C15H26N4O2/c1-3-16-9-11(2)15(21)18-13-5-4-6-14-12(13)10-17-19(14)7-8-20/h10-11,13,16,20H,3-9H2,1-2H3,(H,18,21). The van der Waals surface area contributed by atoms with Gasteiger partial charge < -0.3 is 15.7 Å². The summed E-state index contributed by atoms with van der Waals surface area (Å²) in [5.74, 6) is 0.0477. The van der Waals surface area contributed by atoms with Gasteiger partial charge in [0.05, 0.1) is 25.4 Å².